The van der Waals surface area contributed by atoms with Gasteiger partial charge in [0, 0.05) is 19.0 Å². The molecule has 1 heterocycles. The summed E-state index contributed by atoms with van der Waals surface area (Å²) in [6.45, 7) is 3.67. The zero-order valence-corrected chi connectivity index (χ0v) is 14.0. The molecule has 20 heavy (non-hydrogen) atoms. The zero-order chi connectivity index (χ0) is 15.5. The highest BCUT2D eigenvalue weighted by atomic mass is 35.5. The second-order valence-electron chi connectivity index (χ2n) is 4.07. The molecule has 1 rings (SSSR count). The van der Waals surface area contributed by atoms with Crippen molar-refractivity contribution in [1.29, 1.82) is 0 Å². The van der Waals surface area contributed by atoms with Crippen molar-refractivity contribution in [2.24, 2.45) is 16.8 Å². The summed E-state index contributed by atoms with van der Waals surface area (Å²) in [6.07, 6.45) is 0. The van der Waals surface area contributed by atoms with Crippen molar-refractivity contribution in [3.8, 4) is 0 Å². The molecule has 0 aliphatic heterocycles. The van der Waals surface area contributed by atoms with Crippen LogP contribution >= 0.6 is 34.5 Å². The van der Waals surface area contributed by atoms with Gasteiger partial charge in [0.2, 0.25) is 10.0 Å². The smallest absolute Gasteiger partial charge is 0.245 e. The van der Waals surface area contributed by atoms with Gasteiger partial charge < -0.3 is 10.9 Å². The molecular formula is C10H15Cl2N3O3S2. The van der Waals surface area contributed by atoms with Gasteiger partial charge in [0.1, 0.15) is 15.1 Å². The summed E-state index contributed by atoms with van der Waals surface area (Å²) >= 11 is 12.7. The van der Waals surface area contributed by atoms with E-state index in [2.05, 4.69) is 5.16 Å². The van der Waals surface area contributed by atoms with Crippen molar-refractivity contribution >= 4 is 50.4 Å². The summed E-state index contributed by atoms with van der Waals surface area (Å²) in [5.41, 5.74) is 5.47. The maximum atomic E-state index is 12.5. The van der Waals surface area contributed by atoms with Gasteiger partial charge in [-0.3, -0.25) is 0 Å². The van der Waals surface area contributed by atoms with E-state index in [4.69, 9.17) is 34.1 Å². The Morgan fingerprint density at radius 2 is 2.20 bits per heavy atom. The predicted molar refractivity (Wildman–Crippen MR) is 81.3 cm³/mol. The molecule has 114 valence electrons. The monoisotopic (exact) mass is 359 g/mol. The Morgan fingerprint density at radius 1 is 1.60 bits per heavy atom. The lowest BCUT2D eigenvalue weighted by Crippen LogP contribution is -2.38. The highest BCUT2D eigenvalue weighted by Crippen LogP contribution is 2.35. The third kappa shape index (κ3) is 3.76. The lowest BCUT2D eigenvalue weighted by molar-refractivity contribution is 0.311. The Balaban J connectivity index is 3.08. The molecule has 0 aliphatic carbocycles. The molecule has 0 amide bonds. The Morgan fingerprint density at radius 3 is 2.60 bits per heavy atom. The van der Waals surface area contributed by atoms with Crippen LogP contribution in [0, 0.1) is 5.92 Å². The minimum atomic E-state index is -3.76. The van der Waals surface area contributed by atoms with Crippen LogP contribution in [0.3, 0.4) is 0 Å². The Hall–Kier alpha value is -0.540. The summed E-state index contributed by atoms with van der Waals surface area (Å²) in [4.78, 5) is -0.0253. The van der Waals surface area contributed by atoms with Crippen LogP contribution in [0.4, 0.5) is 0 Å². The SMILES string of the molecule is CCN(CC(C)C(N)=NO)S(=O)(=O)c1cc(Cl)sc1Cl. The summed E-state index contributed by atoms with van der Waals surface area (Å²) < 4.78 is 26.6. The number of amidine groups is 1. The van der Waals surface area contributed by atoms with Crippen molar-refractivity contribution in [1.82, 2.24) is 4.31 Å². The van der Waals surface area contributed by atoms with Crippen LogP contribution in [0.15, 0.2) is 16.1 Å². The number of halogens is 2. The number of rotatable bonds is 6. The van der Waals surface area contributed by atoms with Gasteiger partial charge in [-0.05, 0) is 6.07 Å². The van der Waals surface area contributed by atoms with Crippen molar-refractivity contribution < 1.29 is 13.6 Å². The Kier molecular flexibility index (Phi) is 6.08. The fourth-order valence-corrected chi connectivity index (χ4v) is 5.19. The normalized spacial score (nSPS) is 14.8. The summed E-state index contributed by atoms with van der Waals surface area (Å²) in [5, 5.41) is 11.5. The van der Waals surface area contributed by atoms with Gasteiger partial charge in [0.15, 0.2) is 0 Å². The molecule has 0 saturated heterocycles. The molecule has 10 heteroatoms. The van der Waals surface area contributed by atoms with E-state index in [1.807, 2.05) is 0 Å². The highest BCUT2D eigenvalue weighted by molar-refractivity contribution is 7.89. The Bertz CT molecular complexity index is 601. The average Bonchev–Trinajstić information content (AvgIpc) is 2.74. The quantitative estimate of drug-likeness (QED) is 0.352. The molecule has 1 aromatic rings. The molecule has 0 saturated carbocycles. The fourth-order valence-electron chi connectivity index (χ4n) is 1.53. The molecule has 3 N–H and O–H groups in total. The minimum absolute atomic E-state index is 0.0253. The van der Waals surface area contributed by atoms with Gasteiger partial charge >= 0.3 is 0 Å². The van der Waals surface area contributed by atoms with E-state index < -0.39 is 15.9 Å². The molecule has 1 unspecified atom stereocenters. The van der Waals surface area contributed by atoms with Gasteiger partial charge in [0.25, 0.3) is 0 Å². The van der Waals surface area contributed by atoms with E-state index in [1.54, 1.807) is 13.8 Å². The topological polar surface area (TPSA) is 96.0 Å². The molecule has 6 nitrogen and oxygen atoms in total. The van der Waals surface area contributed by atoms with E-state index >= 15 is 0 Å². The molecule has 1 aromatic heterocycles. The van der Waals surface area contributed by atoms with Crippen LogP contribution in [0.1, 0.15) is 13.8 Å². The summed E-state index contributed by atoms with van der Waals surface area (Å²) in [7, 11) is -3.76. The molecule has 0 aromatic carbocycles. The molecule has 0 bridgehead atoms. The molecule has 0 spiro atoms. The van der Waals surface area contributed by atoms with E-state index in [0.717, 1.165) is 11.3 Å². The lowest BCUT2D eigenvalue weighted by atomic mass is 10.1. The van der Waals surface area contributed by atoms with E-state index in [0.29, 0.717) is 4.34 Å². The van der Waals surface area contributed by atoms with Gasteiger partial charge in [-0.1, -0.05) is 42.2 Å². The first-order valence-corrected chi connectivity index (χ1v) is 8.67. The van der Waals surface area contributed by atoms with Crippen molar-refractivity contribution in [2.45, 2.75) is 18.7 Å². The van der Waals surface area contributed by atoms with Crippen LogP contribution in [0.2, 0.25) is 8.67 Å². The third-order valence-electron chi connectivity index (χ3n) is 2.69. The lowest BCUT2D eigenvalue weighted by Gasteiger charge is -2.23. The number of oxime groups is 1. The highest BCUT2D eigenvalue weighted by Gasteiger charge is 2.29. The second-order valence-corrected chi connectivity index (χ2v) is 8.26. The van der Waals surface area contributed by atoms with Crippen LogP contribution in [-0.2, 0) is 10.0 Å². The molecule has 0 aliphatic rings. The van der Waals surface area contributed by atoms with E-state index in [-0.39, 0.29) is 28.2 Å². The first-order valence-electron chi connectivity index (χ1n) is 5.66. The first kappa shape index (κ1) is 17.5. The number of hydrogen-bond acceptors (Lipinski definition) is 5. The second kappa shape index (κ2) is 6.95. The van der Waals surface area contributed by atoms with Gasteiger partial charge in [-0.15, -0.1) is 11.3 Å². The van der Waals surface area contributed by atoms with Crippen molar-refractivity contribution in [2.75, 3.05) is 13.1 Å². The Labute approximate surface area is 131 Å². The maximum Gasteiger partial charge on any atom is 0.245 e. The van der Waals surface area contributed by atoms with Crippen LogP contribution < -0.4 is 5.73 Å². The molecule has 0 fully saturated rings. The zero-order valence-electron chi connectivity index (χ0n) is 10.9. The first-order chi connectivity index (χ1) is 9.23. The van der Waals surface area contributed by atoms with Crippen molar-refractivity contribution in [3.05, 3.63) is 14.7 Å². The van der Waals surface area contributed by atoms with Gasteiger partial charge in [0.05, 0.1) is 4.34 Å². The van der Waals surface area contributed by atoms with Crippen LogP contribution in [0.5, 0.6) is 0 Å². The molecule has 1 atom stereocenters. The largest absolute Gasteiger partial charge is 0.409 e. The number of hydrogen-bond donors (Lipinski definition) is 2. The number of sulfonamides is 1. The van der Waals surface area contributed by atoms with E-state index in [1.165, 1.54) is 10.4 Å². The average molecular weight is 360 g/mol. The molecule has 0 radical (unpaired) electrons. The fraction of sp³-hybridized carbons (Fsp3) is 0.500. The maximum absolute atomic E-state index is 12.5. The van der Waals surface area contributed by atoms with E-state index in [9.17, 15) is 8.42 Å². The molecular weight excluding hydrogens is 345 g/mol. The summed E-state index contributed by atoms with van der Waals surface area (Å²) in [5.74, 6) is -0.462. The number of nitrogens with two attached hydrogens (primary N) is 1. The van der Waals surface area contributed by atoms with Gasteiger partial charge in [-0.2, -0.15) is 4.31 Å². The summed E-state index contributed by atoms with van der Waals surface area (Å²) in [6, 6.07) is 1.32. The van der Waals surface area contributed by atoms with Crippen molar-refractivity contribution in [3.63, 3.8) is 0 Å². The number of nitrogens with zero attached hydrogens (tertiary/aromatic N) is 2. The predicted octanol–water partition coefficient (Wildman–Crippen LogP) is 2.45. The van der Waals surface area contributed by atoms with Crippen LogP contribution in [0.25, 0.3) is 0 Å². The standard InChI is InChI=1S/C10H15Cl2N3O3S2/c1-3-15(5-6(2)10(13)14-16)20(17,18)7-4-8(11)19-9(7)12/h4,6,16H,3,5H2,1-2H3,(H2,13,14). The van der Waals surface area contributed by atoms with Gasteiger partial charge in [-0.25, -0.2) is 8.42 Å². The minimum Gasteiger partial charge on any atom is -0.409 e. The number of thiophene rings is 1. The third-order valence-corrected chi connectivity index (χ3v) is 6.39. The van der Waals surface area contributed by atoms with Crippen LogP contribution in [-0.4, -0.2) is 36.9 Å².